The molecule has 0 aliphatic carbocycles. The number of carbonyl (C=O) groups is 2. The van der Waals surface area contributed by atoms with Gasteiger partial charge in [-0.15, -0.1) is 0 Å². The Labute approximate surface area is 199 Å². The van der Waals surface area contributed by atoms with Gasteiger partial charge < -0.3 is 24.0 Å². The Kier molecular flexibility index (Phi) is 7.20. The van der Waals surface area contributed by atoms with Gasteiger partial charge in [-0.05, 0) is 36.8 Å². The van der Waals surface area contributed by atoms with Gasteiger partial charge in [-0.3, -0.25) is 14.9 Å². The molecule has 0 bridgehead atoms. The molecule has 1 fully saturated rings. The number of hydrogen-bond acceptors (Lipinski definition) is 8. The quantitative estimate of drug-likeness (QED) is 0.516. The number of rotatable bonds is 6. The van der Waals surface area contributed by atoms with Gasteiger partial charge in [0, 0.05) is 37.9 Å². The largest absolute Gasteiger partial charge is 0.497 e. The Bertz CT molecular complexity index is 1050. The number of carbonyl (C=O) groups excluding carboxylic acids is 2. The van der Waals surface area contributed by atoms with Crippen LogP contribution in [-0.4, -0.2) is 69.7 Å². The zero-order chi connectivity index (χ0) is 24.1. The molecule has 1 saturated heterocycles. The van der Waals surface area contributed by atoms with E-state index < -0.39 is 23.8 Å². The van der Waals surface area contributed by atoms with Crippen LogP contribution in [0.25, 0.3) is 0 Å². The first-order valence-corrected chi connectivity index (χ1v) is 11.4. The van der Waals surface area contributed by atoms with Crippen LogP contribution in [0.3, 0.4) is 0 Å². The van der Waals surface area contributed by atoms with Crippen LogP contribution in [0.4, 0.5) is 5.69 Å². The molecule has 2 aromatic carbocycles. The molecular weight excluding hydrogens is 436 g/mol. The van der Waals surface area contributed by atoms with Gasteiger partial charge in [0.05, 0.1) is 20.8 Å². The molecule has 0 unspecified atom stereocenters. The van der Waals surface area contributed by atoms with Crippen molar-refractivity contribution in [3.05, 3.63) is 54.1 Å². The summed E-state index contributed by atoms with van der Waals surface area (Å²) in [7, 11) is 3.25. The summed E-state index contributed by atoms with van der Waals surface area (Å²) in [5.41, 5.74) is 1.84. The number of nitrogens with zero attached hydrogens (tertiary/aromatic N) is 3. The van der Waals surface area contributed by atoms with E-state index in [1.54, 1.807) is 33.3 Å². The highest BCUT2D eigenvalue weighted by molar-refractivity contribution is 6.08. The first-order chi connectivity index (χ1) is 16.5. The van der Waals surface area contributed by atoms with Crippen molar-refractivity contribution in [3.8, 4) is 11.5 Å². The lowest BCUT2D eigenvalue weighted by molar-refractivity contribution is -0.153. The van der Waals surface area contributed by atoms with E-state index in [-0.39, 0.29) is 6.61 Å². The predicted octanol–water partition coefficient (Wildman–Crippen LogP) is 2.23. The topological polar surface area (TPSA) is 92.7 Å². The molecule has 2 atom stereocenters. The Hall–Kier alpha value is -3.75. The van der Waals surface area contributed by atoms with E-state index in [0.717, 1.165) is 30.1 Å². The maximum Gasteiger partial charge on any atom is 0.321 e. The molecule has 4 rings (SSSR count). The molecule has 180 valence electrons. The maximum atomic E-state index is 13.1. The molecule has 2 aliphatic rings. The number of anilines is 1. The number of piperazine rings is 1. The zero-order valence-electron chi connectivity index (χ0n) is 19.7. The summed E-state index contributed by atoms with van der Waals surface area (Å²) in [5, 5.41) is 2.84. The summed E-state index contributed by atoms with van der Waals surface area (Å²) in [6, 6.07) is 14.5. The highest BCUT2D eigenvalue weighted by Gasteiger charge is 2.42. The lowest BCUT2D eigenvalue weighted by atomic mass is 9.91. The number of amides is 1. The van der Waals surface area contributed by atoms with E-state index in [9.17, 15) is 9.59 Å². The SMILES string of the molecule is CCOC(=O)[C@@H]1C(=O)NC(N2CCN(c3cccc(OC)c3)CC2)=N[C@H]1c1ccc(OC)cc1. The molecular formula is C25H30N4O5. The van der Waals surface area contributed by atoms with E-state index in [1.807, 2.05) is 35.2 Å². The first-order valence-electron chi connectivity index (χ1n) is 11.4. The van der Waals surface area contributed by atoms with Gasteiger partial charge in [0.15, 0.2) is 5.92 Å². The van der Waals surface area contributed by atoms with Crippen molar-refractivity contribution in [1.82, 2.24) is 10.2 Å². The predicted molar refractivity (Wildman–Crippen MR) is 128 cm³/mol. The van der Waals surface area contributed by atoms with Crippen molar-refractivity contribution in [2.75, 3.05) is 51.9 Å². The standard InChI is InChI=1S/C25H30N4O5/c1-4-34-24(31)21-22(17-8-10-19(32-2)11-9-17)26-25(27-23(21)30)29-14-12-28(13-15-29)18-6-5-7-20(16-18)33-3/h5-11,16,21-22H,4,12-15H2,1-3H3,(H,26,27,30)/t21-,22-/m0/s1. The number of benzene rings is 2. The summed E-state index contributed by atoms with van der Waals surface area (Å²) in [6.07, 6.45) is 0. The third kappa shape index (κ3) is 4.93. The normalized spacial score (nSPS) is 20.3. The van der Waals surface area contributed by atoms with Crippen LogP contribution in [0.15, 0.2) is 53.5 Å². The Morgan fingerprint density at radius 1 is 1.00 bits per heavy atom. The van der Waals surface area contributed by atoms with Gasteiger partial charge >= 0.3 is 5.97 Å². The second kappa shape index (κ2) is 10.5. The highest BCUT2D eigenvalue weighted by atomic mass is 16.5. The molecule has 2 aromatic rings. The second-order valence-electron chi connectivity index (χ2n) is 8.07. The second-order valence-corrected chi connectivity index (χ2v) is 8.07. The van der Waals surface area contributed by atoms with Crippen molar-refractivity contribution in [3.63, 3.8) is 0 Å². The smallest absolute Gasteiger partial charge is 0.321 e. The van der Waals surface area contributed by atoms with Gasteiger partial charge in [0.25, 0.3) is 0 Å². The fourth-order valence-corrected chi connectivity index (χ4v) is 4.25. The summed E-state index contributed by atoms with van der Waals surface area (Å²) in [4.78, 5) is 34.8. The molecule has 34 heavy (non-hydrogen) atoms. The Balaban J connectivity index is 1.55. The number of esters is 1. The lowest BCUT2D eigenvalue weighted by Crippen LogP contribution is -2.57. The molecule has 0 saturated carbocycles. The molecule has 1 N–H and O–H groups in total. The molecule has 0 radical (unpaired) electrons. The summed E-state index contributed by atoms with van der Waals surface area (Å²) in [6.45, 7) is 4.79. The first kappa shape index (κ1) is 23.4. The van der Waals surface area contributed by atoms with Crippen LogP contribution in [0, 0.1) is 5.92 Å². The van der Waals surface area contributed by atoms with Gasteiger partial charge in [0.2, 0.25) is 11.9 Å². The van der Waals surface area contributed by atoms with E-state index in [4.69, 9.17) is 19.2 Å². The number of nitrogens with one attached hydrogen (secondary N) is 1. The van der Waals surface area contributed by atoms with Crippen molar-refractivity contribution in [2.24, 2.45) is 10.9 Å². The average molecular weight is 467 g/mol. The van der Waals surface area contributed by atoms with Crippen molar-refractivity contribution in [2.45, 2.75) is 13.0 Å². The molecule has 2 heterocycles. The van der Waals surface area contributed by atoms with Crippen LogP contribution in [0.5, 0.6) is 11.5 Å². The number of hydrogen-bond donors (Lipinski definition) is 1. The average Bonchev–Trinajstić information content (AvgIpc) is 2.88. The zero-order valence-corrected chi connectivity index (χ0v) is 19.7. The Morgan fingerprint density at radius 2 is 1.68 bits per heavy atom. The van der Waals surface area contributed by atoms with Crippen LogP contribution in [0.1, 0.15) is 18.5 Å². The molecule has 1 amide bonds. The lowest BCUT2D eigenvalue weighted by Gasteiger charge is -2.39. The van der Waals surface area contributed by atoms with E-state index in [2.05, 4.69) is 16.3 Å². The number of ether oxygens (including phenoxy) is 3. The van der Waals surface area contributed by atoms with Crippen LogP contribution >= 0.6 is 0 Å². The fourth-order valence-electron chi connectivity index (χ4n) is 4.25. The minimum atomic E-state index is -1.05. The van der Waals surface area contributed by atoms with Crippen LogP contribution < -0.4 is 19.7 Å². The van der Waals surface area contributed by atoms with Crippen LogP contribution in [-0.2, 0) is 14.3 Å². The minimum Gasteiger partial charge on any atom is -0.497 e. The number of aliphatic imine (C=N–C) groups is 1. The van der Waals surface area contributed by atoms with Crippen LogP contribution in [0.2, 0.25) is 0 Å². The van der Waals surface area contributed by atoms with Crippen molar-refractivity contribution < 1.29 is 23.8 Å². The highest BCUT2D eigenvalue weighted by Crippen LogP contribution is 2.32. The third-order valence-electron chi connectivity index (χ3n) is 6.09. The number of guanidine groups is 1. The minimum absolute atomic E-state index is 0.195. The van der Waals surface area contributed by atoms with E-state index >= 15 is 0 Å². The van der Waals surface area contributed by atoms with E-state index in [1.165, 1.54) is 0 Å². The van der Waals surface area contributed by atoms with Gasteiger partial charge in [0.1, 0.15) is 17.5 Å². The number of methoxy groups -OCH3 is 2. The van der Waals surface area contributed by atoms with Gasteiger partial charge in [-0.1, -0.05) is 18.2 Å². The monoisotopic (exact) mass is 466 g/mol. The van der Waals surface area contributed by atoms with Crippen molar-refractivity contribution in [1.29, 1.82) is 0 Å². The third-order valence-corrected chi connectivity index (χ3v) is 6.09. The van der Waals surface area contributed by atoms with E-state index in [0.29, 0.717) is 24.8 Å². The maximum absolute atomic E-state index is 13.1. The van der Waals surface area contributed by atoms with Crippen molar-refractivity contribution >= 4 is 23.5 Å². The summed E-state index contributed by atoms with van der Waals surface area (Å²) in [5.74, 6) is -0.0384. The molecule has 2 aliphatic heterocycles. The fraction of sp³-hybridized carbons (Fsp3) is 0.400. The molecule has 9 nitrogen and oxygen atoms in total. The Morgan fingerprint density at radius 3 is 2.32 bits per heavy atom. The molecule has 0 spiro atoms. The summed E-state index contributed by atoms with van der Waals surface area (Å²) < 4.78 is 15.8. The van der Waals surface area contributed by atoms with Gasteiger partial charge in [-0.2, -0.15) is 0 Å². The van der Waals surface area contributed by atoms with Gasteiger partial charge in [-0.25, -0.2) is 4.99 Å². The molecule has 0 aromatic heterocycles. The molecule has 9 heteroatoms. The summed E-state index contributed by atoms with van der Waals surface area (Å²) >= 11 is 0.